The smallest absolute Gasteiger partial charge is 0.407 e. The van der Waals surface area contributed by atoms with Crippen LogP contribution < -0.4 is 10.2 Å². The summed E-state index contributed by atoms with van der Waals surface area (Å²) in [5, 5.41) is 3.93. The number of ether oxygens (including phenoxy) is 1. The third-order valence-electron chi connectivity index (χ3n) is 4.09. The molecule has 130 valence electrons. The van der Waals surface area contributed by atoms with E-state index in [4.69, 9.17) is 4.74 Å². The van der Waals surface area contributed by atoms with Crippen molar-refractivity contribution in [2.45, 2.75) is 39.2 Å². The Hall–Kier alpha value is -2.31. The van der Waals surface area contributed by atoms with E-state index >= 15 is 0 Å². The lowest BCUT2D eigenvalue weighted by Crippen LogP contribution is -2.42. The Morgan fingerprint density at radius 2 is 2.29 bits per heavy atom. The van der Waals surface area contributed by atoms with Gasteiger partial charge < -0.3 is 19.9 Å². The summed E-state index contributed by atoms with van der Waals surface area (Å²) in [6.07, 6.45) is 5.30. The van der Waals surface area contributed by atoms with E-state index in [1.54, 1.807) is 6.33 Å². The van der Waals surface area contributed by atoms with Crippen LogP contribution in [0.2, 0.25) is 0 Å². The number of piperidine rings is 1. The Morgan fingerprint density at radius 3 is 3.08 bits per heavy atom. The molecule has 7 heteroatoms. The lowest BCUT2D eigenvalue weighted by molar-refractivity contribution is 0.0517. The van der Waals surface area contributed by atoms with Crippen LogP contribution in [0.5, 0.6) is 0 Å². The van der Waals surface area contributed by atoms with Crippen LogP contribution in [0.15, 0.2) is 18.6 Å². The number of hydrogen-bond donors (Lipinski definition) is 2. The fourth-order valence-electron chi connectivity index (χ4n) is 3.08. The number of aromatic nitrogens is 3. The van der Waals surface area contributed by atoms with E-state index < -0.39 is 5.60 Å². The van der Waals surface area contributed by atoms with Crippen LogP contribution in [-0.4, -0.2) is 46.3 Å². The summed E-state index contributed by atoms with van der Waals surface area (Å²) in [6.45, 7) is 8.06. The van der Waals surface area contributed by atoms with Crippen molar-refractivity contribution in [2.24, 2.45) is 5.92 Å². The number of H-pyrrole nitrogens is 1. The first-order valence-electron chi connectivity index (χ1n) is 8.42. The summed E-state index contributed by atoms with van der Waals surface area (Å²) < 4.78 is 5.30. The highest BCUT2D eigenvalue weighted by atomic mass is 16.6. The zero-order valence-electron chi connectivity index (χ0n) is 14.5. The molecule has 3 rings (SSSR count). The highest BCUT2D eigenvalue weighted by Crippen LogP contribution is 2.26. The number of carbonyl (C=O) groups excluding carboxylic acids is 1. The molecular formula is C17H25N5O2. The number of carbonyl (C=O) groups is 1. The van der Waals surface area contributed by atoms with Crippen molar-refractivity contribution in [2.75, 3.05) is 24.5 Å². The molecule has 3 heterocycles. The summed E-state index contributed by atoms with van der Waals surface area (Å²) in [7, 11) is 0. The van der Waals surface area contributed by atoms with Crippen molar-refractivity contribution in [1.82, 2.24) is 20.3 Å². The molecule has 0 aromatic carbocycles. The minimum absolute atomic E-state index is 0.352. The van der Waals surface area contributed by atoms with E-state index in [0.717, 1.165) is 42.8 Å². The minimum Gasteiger partial charge on any atom is -0.444 e. The Morgan fingerprint density at radius 1 is 1.46 bits per heavy atom. The van der Waals surface area contributed by atoms with Crippen molar-refractivity contribution < 1.29 is 9.53 Å². The van der Waals surface area contributed by atoms with Gasteiger partial charge in [0.15, 0.2) is 0 Å². The summed E-state index contributed by atoms with van der Waals surface area (Å²) >= 11 is 0. The maximum absolute atomic E-state index is 11.8. The van der Waals surface area contributed by atoms with Gasteiger partial charge in [-0.3, -0.25) is 0 Å². The van der Waals surface area contributed by atoms with E-state index in [0.29, 0.717) is 12.5 Å². The van der Waals surface area contributed by atoms with Crippen LogP contribution in [0.25, 0.3) is 11.0 Å². The van der Waals surface area contributed by atoms with E-state index in [9.17, 15) is 4.79 Å². The number of nitrogens with zero attached hydrogens (tertiary/aromatic N) is 3. The monoisotopic (exact) mass is 331 g/mol. The molecule has 1 amide bonds. The Labute approximate surface area is 141 Å². The van der Waals surface area contributed by atoms with Crippen LogP contribution in [0, 0.1) is 5.92 Å². The highest BCUT2D eigenvalue weighted by Gasteiger charge is 2.24. The quantitative estimate of drug-likeness (QED) is 0.903. The second-order valence-corrected chi connectivity index (χ2v) is 7.27. The Kier molecular flexibility index (Phi) is 4.59. The number of alkyl carbamates (subject to hydrolysis) is 1. The fourth-order valence-corrected chi connectivity index (χ4v) is 3.08. The molecule has 0 spiro atoms. The summed E-state index contributed by atoms with van der Waals surface area (Å²) in [4.78, 5) is 25.9. The van der Waals surface area contributed by atoms with Gasteiger partial charge in [0.25, 0.3) is 0 Å². The average Bonchev–Trinajstić information content (AvgIpc) is 3.00. The van der Waals surface area contributed by atoms with Gasteiger partial charge in [0, 0.05) is 25.8 Å². The van der Waals surface area contributed by atoms with Gasteiger partial charge in [-0.25, -0.2) is 14.8 Å². The molecule has 1 unspecified atom stereocenters. The molecule has 0 radical (unpaired) electrons. The number of rotatable bonds is 3. The highest BCUT2D eigenvalue weighted by molar-refractivity contribution is 5.87. The van der Waals surface area contributed by atoms with Gasteiger partial charge in [-0.1, -0.05) is 0 Å². The van der Waals surface area contributed by atoms with Crippen LogP contribution >= 0.6 is 0 Å². The molecule has 0 bridgehead atoms. The molecule has 2 aromatic rings. The fraction of sp³-hybridized carbons (Fsp3) is 0.588. The van der Waals surface area contributed by atoms with Crippen LogP contribution in [0.4, 0.5) is 10.6 Å². The first-order chi connectivity index (χ1) is 11.4. The predicted molar refractivity (Wildman–Crippen MR) is 93.1 cm³/mol. The first kappa shape index (κ1) is 16.5. The van der Waals surface area contributed by atoms with Crippen molar-refractivity contribution in [3.63, 3.8) is 0 Å². The molecule has 1 atom stereocenters. The van der Waals surface area contributed by atoms with Gasteiger partial charge >= 0.3 is 6.09 Å². The van der Waals surface area contributed by atoms with Gasteiger partial charge in [0.05, 0.1) is 5.39 Å². The second kappa shape index (κ2) is 6.67. The van der Waals surface area contributed by atoms with Gasteiger partial charge in [0.2, 0.25) is 0 Å². The predicted octanol–water partition coefficient (Wildman–Crippen LogP) is 2.70. The van der Waals surface area contributed by atoms with E-state index in [2.05, 4.69) is 25.2 Å². The second-order valence-electron chi connectivity index (χ2n) is 7.27. The molecule has 1 fully saturated rings. The number of hydrogen-bond acceptors (Lipinski definition) is 5. The standard InChI is InChI=1S/C17H25N5O2/c1-17(2,3)24-16(23)19-9-12-5-4-8-22(10-12)15-13-6-7-18-14(13)20-11-21-15/h6-7,11-12H,4-5,8-10H2,1-3H3,(H,19,23)(H,18,20,21). The van der Waals surface area contributed by atoms with Gasteiger partial charge in [-0.2, -0.15) is 0 Å². The number of anilines is 1. The molecule has 0 aliphatic carbocycles. The van der Waals surface area contributed by atoms with Crippen LogP contribution in [0.1, 0.15) is 33.6 Å². The van der Waals surface area contributed by atoms with E-state index in [1.807, 2.05) is 33.0 Å². The van der Waals surface area contributed by atoms with Gasteiger partial charge in [-0.15, -0.1) is 0 Å². The molecular weight excluding hydrogens is 306 g/mol. The zero-order valence-corrected chi connectivity index (χ0v) is 14.5. The van der Waals surface area contributed by atoms with Crippen LogP contribution in [0.3, 0.4) is 0 Å². The summed E-state index contributed by atoms with van der Waals surface area (Å²) in [5.74, 6) is 1.35. The topological polar surface area (TPSA) is 83.1 Å². The van der Waals surface area contributed by atoms with Crippen LogP contribution in [-0.2, 0) is 4.74 Å². The van der Waals surface area contributed by atoms with E-state index in [1.165, 1.54) is 0 Å². The number of aromatic amines is 1. The Bertz CT molecular complexity index is 706. The Balaban J connectivity index is 1.61. The lowest BCUT2D eigenvalue weighted by Gasteiger charge is -2.34. The molecule has 1 aliphatic rings. The third kappa shape index (κ3) is 3.96. The SMILES string of the molecule is CC(C)(C)OC(=O)NCC1CCCN(c2ncnc3[nH]ccc23)C1. The van der Waals surface area contributed by atoms with Gasteiger partial charge in [-0.05, 0) is 45.6 Å². The van der Waals surface area contributed by atoms with E-state index in [-0.39, 0.29) is 6.09 Å². The number of fused-ring (bicyclic) bond motifs is 1. The molecule has 0 saturated carbocycles. The van der Waals surface area contributed by atoms with Crippen molar-refractivity contribution in [3.8, 4) is 0 Å². The maximum atomic E-state index is 11.8. The zero-order chi connectivity index (χ0) is 17.2. The normalized spacial score (nSPS) is 18.6. The molecule has 7 nitrogen and oxygen atoms in total. The van der Waals surface area contributed by atoms with Crippen molar-refractivity contribution in [3.05, 3.63) is 18.6 Å². The first-order valence-corrected chi connectivity index (χ1v) is 8.42. The number of amides is 1. The number of nitrogens with one attached hydrogen (secondary N) is 2. The average molecular weight is 331 g/mol. The van der Waals surface area contributed by atoms with Crippen molar-refractivity contribution >= 4 is 22.9 Å². The lowest BCUT2D eigenvalue weighted by atomic mass is 9.98. The molecule has 1 aliphatic heterocycles. The van der Waals surface area contributed by atoms with Crippen molar-refractivity contribution in [1.29, 1.82) is 0 Å². The third-order valence-corrected chi connectivity index (χ3v) is 4.09. The summed E-state index contributed by atoms with van der Waals surface area (Å²) in [5.41, 5.74) is 0.387. The largest absolute Gasteiger partial charge is 0.444 e. The molecule has 24 heavy (non-hydrogen) atoms. The minimum atomic E-state index is -0.469. The maximum Gasteiger partial charge on any atom is 0.407 e. The summed E-state index contributed by atoms with van der Waals surface area (Å²) in [6, 6.07) is 2.01. The molecule has 2 N–H and O–H groups in total. The molecule has 1 saturated heterocycles. The van der Waals surface area contributed by atoms with Gasteiger partial charge in [0.1, 0.15) is 23.4 Å². The molecule has 2 aromatic heterocycles.